The summed E-state index contributed by atoms with van der Waals surface area (Å²) < 4.78 is 11.7. The number of nitrogens with one attached hydrogen (secondary N) is 2. The molecule has 0 aliphatic heterocycles. The zero-order valence-electron chi connectivity index (χ0n) is 19.5. The van der Waals surface area contributed by atoms with Crippen LogP contribution in [0.15, 0.2) is 48.5 Å². The van der Waals surface area contributed by atoms with Crippen molar-refractivity contribution in [2.45, 2.75) is 57.6 Å². The van der Waals surface area contributed by atoms with Crippen molar-refractivity contribution in [3.8, 4) is 11.1 Å². The molecule has 0 unspecified atom stereocenters. The fourth-order valence-electron chi connectivity index (χ4n) is 4.02. The Morgan fingerprint density at radius 2 is 1.58 bits per heavy atom. The fraction of sp³-hybridized carbons (Fsp3) is 0.462. The number of hydrogen-bond acceptors (Lipinski definition) is 4. The van der Waals surface area contributed by atoms with Crippen molar-refractivity contribution in [3.05, 3.63) is 59.7 Å². The molecule has 7 heteroatoms. The predicted octanol–water partition coefficient (Wildman–Crippen LogP) is 6.02. The van der Waals surface area contributed by atoms with Gasteiger partial charge in [0.25, 0.3) is 0 Å². The van der Waals surface area contributed by atoms with Crippen LogP contribution in [-0.4, -0.2) is 41.4 Å². The van der Waals surface area contributed by atoms with E-state index in [2.05, 4.69) is 57.5 Å². The Kier molecular flexibility index (Phi) is 9.00. The van der Waals surface area contributed by atoms with Crippen molar-refractivity contribution in [1.29, 1.82) is 0 Å². The third-order valence-corrected chi connectivity index (χ3v) is 6.56. The standard InChI is InChI=1S/C26H33IN2O4/c1-26(2,3)33-24(30)28-15-9-8-10-18(16-27)29-25(31)32-17-23-21-13-6-4-11-19(21)20-12-5-7-14-22(20)23/h4-7,11-14,18,23H,8-10,15-17H2,1-3H3,(H,28,30)(H,29,31)/t18-/m0/s1. The summed E-state index contributed by atoms with van der Waals surface area (Å²) in [4.78, 5) is 24.2. The Balaban J connectivity index is 1.41. The second-order valence-corrected chi connectivity index (χ2v) is 10.1. The summed E-state index contributed by atoms with van der Waals surface area (Å²) >= 11 is 2.28. The molecule has 1 atom stereocenters. The number of ether oxygens (including phenoxy) is 2. The molecule has 2 aromatic rings. The van der Waals surface area contributed by atoms with Crippen LogP contribution in [0.25, 0.3) is 11.1 Å². The molecular weight excluding hydrogens is 531 g/mol. The topological polar surface area (TPSA) is 76.7 Å². The number of alkyl carbamates (subject to hydrolysis) is 2. The van der Waals surface area contributed by atoms with Crippen LogP contribution in [0.2, 0.25) is 0 Å². The Morgan fingerprint density at radius 3 is 2.15 bits per heavy atom. The summed E-state index contributed by atoms with van der Waals surface area (Å²) in [6.45, 7) is 6.38. The van der Waals surface area contributed by atoms with Gasteiger partial charge in [-0.25, -0.2) is 9.59 Å². The van der Waals surface area contributed by atoms with Gasteiger partial charge in [-0.15, -0.1) is 0 Å². The maximum Gasteiger partial charge on any atom is 0.407 e. The first-order valence-corrected chi connectivity index (χ1v) is 13.0. The van der Waals surface area contributed by atoms with E-state index in [1.54, 1.807) is 0 Å². The van der Waals surface area contributed by atoms with Gasteiger partial charge in [-0.2, -0.15) is 0 Å². The zero-order chi connectivity index (χ0) is 23.8. The lowest BCUT2D eigenvalue weighted by Gasteiger charge is -2.20. The van der Waals surface area contributed by atoms with E-state index in [-0.39, 0.29) is 18.1 Å². The molecule has 0 radical (unpaired) electrons. The average Bonchev–Trinajstić information content (AvgIpc) is 3.09. The van der Waals surface area contributed by atoms with Crippen molar-refractivity contribution >= 4 is 34.8 Å². The maximum atomic E-state index is 12.5. The van der Waals surface area contributed by atoms with E-state index in [0.717, 1.165) is 23.7 Å². The summed E-state index contributed by atoms with van der Waals surface area (Å²) in [5.41, 5.74) is 4.34. The lowest BCUT2D eigenvalue weighted by atomic mass is 9.98. The molecule has 2 aromatic carbocycles. The highest BCUT2D eigenvalue weighted by atomic mass is 127. The number of amides is 2. The number of alkyl halides is 1. The number of carbonyl (C=O) groups excluding carboxylic acids is 2. The molecule has 6 nitrogen and oxygen atoms in total. The SMILES string of the molecule is CC(C)(C)OC(=O)NCCCC[C@@H](CI)NC(=O)OCC1c2ccccc2-c2ccccc21. The molecule has 0 fully saturated rings. The summed E-state index contributed by atoms with van der Waals surface area (Å²) in [6.07, 6.45) is 1.74. The minimum atomic E-state index is -0.497. The van der Waals surface area contributed by atoms with Gasteiger partial charge in [0.1, 0.15) is 12.2 Å². The van der Waals surface area contributed by atoms with E-state index in [1.165, 1.54) is 22.3 Å². The highest BCUT2D eigenvalue weighted by Gasteiger charge is 2.29. The van der Waals surface area contributed by atoms with Gasteiger partial charge < -0.3 is 20.1 Å². The maximum absolute atomic E-state index is 12.5. The molecule has 0 saturated heterocycles. The molecule has 178 valence electrons. The summed E-state index contributed by atoms with van der Waals surface area (Å²) in [7, 11) is 0. The first-order chi connectivity index (χ1) is 15.8. The Morgan fingerprint density at radius 1 is 0.970 bits per heavy atom. The third-order valence-electron chi connectivity index (χ3n) is 5.50. The lowest BCUT2D eigenvalue weighted by molar-refractivity contribution is 0.0527. The molecule has 1 aliphatic rings. The van der Waals surface area contributed by atoms with Gasteiger partial charge in [-0.05, 0) is 62.3 Å². The second-order valence-electron chi connectivity index (χ2n) is 9.25. The molecule has 0 heterocycles. The zero-order valence-corrected chi connectivity index (χ0v) is 21.7. The van der Waals surface area contributed by atoms with Crippen molar-refractivity contribution in [1.82, 2.24) is 10.6 Å². The van der Waals surface area contributed by atoms with E-state index >= 15 is 0 Å². The molecule has 0 spiro atoms. The van der Waals surface area contributed by atoms with Gasteiger partial charge in [0.05, 0.1) is 0 Å². The second kappa shape index (κ2) is 11.7. The van der Waals surface area contributed by atoms with Gasteiger partial charge in [-0.3, -0.25) is 0 Å². The van der Waals surface area contributed by atoms with Gasteiger partial charge >= 0.3 is 12.2 Å². The monoisotopic (exact) mass is 564 g/mol. The number of carbonyl (C=O) groups is 2. The van der Waals surface area contributed by atoms with E-state index < -0.39 is 11.7 Å². The summed E-state index contributed by atoms with van der Waals surface area (Å²) in [5.74, 6) is 0.0557. The van der Waals surface area contributed by atoms with Crippen molar-refractivity contribution in [2.24, 2.45) is 0 Å². The van der Waals surface area contributed by atoms with Gasteiger partial charge in [0.15, 0.2) is 0 Å². The van der Waals surface area contributed by atoms with Crippen LogP contribution in [-0.2, 0) is 9.47 Å². The molecule has 0 bridgehead atoms. The third kappa shape index (κ3) is 7.35. The smallest absolute Gasteiger partial charge is 0.407 e. The summed E-state index contributed by atoms with van der Waals surface area (Å²) in [6, 6.07) is 16.6. The highest BCUT2D eigenvalue weighted by Crippen LogP contribution is 2.44. The van der Waals surface area contributed by atoms with E-state index in [0.29, 0.717) is 13.2 Å². The minimum absolute atomic E-state index is 0.0303. The van der Waals surface area contributed by atoms with Crippen LogP contribution in [0, 0.1) is 0 Å². The van der Waals surface area contributed by atoms with Crippen molar-refractivity contribution in [3.63, 3.8) is 0 Å². The molecule has 2 amide bonds. The van der Waals surface area contributed by atoms with Crippen LogP contribution in [0.1, 0.15) is 57.1 Å². The number of halogens is 1. The Hall–Kier alpha value is -2.29. The van der Waals surface area contributed by atoms with Crippen LogP contribution >= 0.6 is 22.6 Å². The van der Waals surface area contributed by atoms with Crippen LogP contribution in [0.5, 0.6) is 0 Å². The van der Waals surface area contributed by atoms with Gasteiger partial charge in [-0.1, -0.05) is 71.1 Å². The molecular formula is C26H33IN2O4. The molecule has 2 N–H and O–H groups in total. The quantitative estimate of drug-likeness (QED) is 0.222. The number of fused-ring (bicyclic) bond motifs is 3. The molecule has 0 saturated carbocycles. The number of rotatable bonds is 9. The van der Waals surface area contributed by atoms with E-state index in [9.17, 15) is 9.59 Å². The number of benzene rings is 2. The predicted molar refractivity (Wildman–Crippen MR) is 139 cm³/mol. The minimum Gasteiger partial charge on any atom is -0.449 e. The highest BCUT2D eigenvalue weighted by molar-refractivity contribution is 14.1. The first kappa shape index (κ1) is 25.3. The van der Waals surface area contributed by atoms with E-state index in [4.69, 9.17) is 9.47 Å². The van der Waals surface area contributed by atoms with Crippen LogP contribution in [0.3, 0.4) is 0 Å². The van der Waals surface area contributed by atoms with Crippen molar-refractivity contribution in [2.75, 3.05) is 17.6 Å². The van der Waals surface area contributed by atoms with E-state index in [1.807, 2.05) is 45.0 Å². The van der Waals surface area contributed by atoms with Crippen LogP contribution in [0.4, 0.5) is 9.59 Å². The average molecular weight is 564 g/mol. The van der Waals surface area contributed by atoms with Crippen molar-refractivity contribution < 1.29 is 19.1 Å². The fourth-order valence-corrected chi connectivity index (χ4v) is 4.68. The number of hydrogen-bond donors (Lipinski definition) is 2. The number of unbranched alkanes of at least 4 members (excludes halogenated alkanes) is 1. The van der Waals surface area contributed by atoms with Gasteiger partial charge in [0, 0.05) is 22.9 Å². The van der Waals surface area contributed by atoms with Crippen LogP contribution < -0.4 is 10.6 Å². The summed E-state index contributed by atoms with van der Waals surface area (Å²) in [5, 5.41) is 5.75. The Labute approximate surface area is 210 Å². The molecule has 33 heavy (non-hydrogen) atoms. The Bertz CT molecular complexity index is 912. The molecule has 3 rings (SSSR count). The molecule has 1 aliphatic carbocycles. The lowest BCUT2D eigenvalue weighted by Crippen LogP contribution is -2.37. The largest absolute Gasteiger partial charge is 0.449 e. The molecule has 0 aromatic heterocycles. The normalized spacial score (nSPS) is 13.6. The van der Waals surface area contributed by atoms with Gasteiger partial charge in [0.2, 0.25) is 0 Å². The first-order valence-electron chi connectivity index (χ1n) is 11.4.